The third-order valence-corrected chi connectivity index (χ3v) is 4.90. The maximum absolute atomic E-state index is 6.41. The number of rotatable bonds is 6. The van der Waals surface area contributed by atoms with Crippen molar-refractivity contribution < 1.29 is 4.74 Å². The standard InChI is InChI=1S/C16H21NOS/c1-2-18-16(11-7-8-11)14(17)9-12-10-19-15-6-4-3-5-13(12)15/h3-6,10-11,14,16H,2,7-9,17H2,1H3. The summed E-state index contributed by atoms with van der Waals surface area (Å²) in [5.41, 5.74) is 7.78. The Hall–Kier alpha value is -0.900. The second-order valence-electron chi connectivity index (χ2n) is 5.38. The number of hydrogen-bond donors (Lipinski definition) is 1. The predicted molar refractivity (Wildman–Crippen MR) is 81.6 cm³/mol. The van der Waals surface area contributed by atoms with E-state index in [0.717, 1.165) is 13.0 Å². The number of thiophene rings is 1. The average molecular weight is 275 g/mol. The maximum atomic E-state index is 6.41. The van der Waals surface area contributed by atoms with Crippen molar-refractivity contribution in [1.29, 1.82) is 0 Å². The molecule has 19 heavy (non-hydrogen) atoms. The van der Waals surface area contributed by atoms with Crippen LogP contribution in [0.15, 0.2) is 29.6 Å². The largest absolute Gasteiger partial charge is 0.377 e. The molecule has 0 bridgehead atoms. The second-order valence-corrected chi connectivity index (χ2v) is 6.29. The van der Waals surface area contributed by atoms with Crippen LogP contribution in [0.3, 0.4) is 0 Å². The van der Waals surface area contributed by atoms with Gasteiger partial charge < -0.3 is 10.5 Å². The Morgan fingerprint density at radius 1 is 1.37 bits per heavy atom. The highest BCUT2D eigenvalue weighted by Crippen LogP contribution is 2.36. The molecule has 2 N–H and O–H groups in total. The van der Waals surface area contributed by atoms with Crippen molar-refractivity contribution in [3.63, 3.8) is 0 Å². The van der Waals surface area contributed by atoms with Crippen molar-refractivity contribution in [3.8, 4) is 0 Å². The Morgan fingerprint density at radius 2 is 2.16 bits per heavy atom. The Balaban J connectivity index is 1.76. The smallest absolute Gasteiger partial charge is 0.0757 e. The molecular formula is C16H21NOS. The van der Waals surface area contributed by atoms with Gasteiger partial charge >= 0.3 is 0 Å². The molecule has 0 aliphatic heterocycles. The van der Waals surface area contributed by atoms with E-state index in [1.165, 1.54) is 28.5 Å². The molecule has 0 saturated heterocycles. The van der Waals surface area contributed by atoms with Crippen LogP contribution < -0.4 is 5.73 Å². The van der Waals surface area contributed by atoms with Crippen LogP contribution in [-0.2, 0) is 11.2 Å². The molecule has 0 amide bonds. The molecule has 2 atom stereocenters. The fourth-order valence-corrected chi connectivity index (χ4v) is 3.76. The van der Waals surface area contributed by atoms with Gasteiger partial charge in [0.05, 0.1) is 6.10 Å². The van der Waals surface area contributed by atoms with Gasteiger partial charge in [0.1, 0.15) is 0 Å². The Labute approximate surface area is 118 Å². The molecule has 3 heteroatoms. The minimum absolute atomic E-state index is 0.116. The van der Waals surface area contributed by atoms with Gasteiger partial charge in [-0.1, -0.05) is 18.2 Å². The summed E-state index contributed by atoms with van der Waals surface area (Å²) in [4.78, 5) is 0. The summed E-state index contributed by atoms with van der Waals surface area (Å²) in [5, 5.41) is 3.61. The SMILES string of the molecule is CCOC(C(N)Cc1csc2ccccc12)C1CC1. The zero-order valence-corrected chi connectivity index (χ0v) is 12.2. The van der Waals surface area contributed by atoms with Crippen LogP contribution >= 0.6 is 11.3 Å². The first-order valence-corrected chi connectivity index (χ1v) is 8.00. The minimum Gasteiger partial charge on any atom is -0.377 e. The number of ether oxygens (including phenoxy) is 1. The van der Waals surface area contributed by atoms with Gasteiger partial charge in [0.25, 0.3) is 0 Å². The van der Waals surface area contributed by atoms with Crippen LogP contribution in [0.1, 0.15) is 25.3 Å². The quantitative estimate of drug-likeness (QED) is 0.874. The highest BCUT2D eigenvalue weighted by atomic mass is 32.1. The molecule has 1 heterocycles. The third kappa shape index (κ3) is 2.83. The molecular weight excluding hydrogens is 254 g/mol. The van der Waals surface area contributed by atoms with Gasteiger partial charge in [0.2, 0.25) is 0 Å². The summed E-state index contributed by atoms with van der Waals surface area (Å²) in [7, 11) is 0. The van der Waals surface area contributed by atoms with Crippen molar-refractivity contribution in [3.05, 3.63) is 35.2 Å². The lowest BCUT2D eigenvalue weighted by atomic mass is 9.98. The second kappa shape index (κ2) is 5.61. The molecule has 2 aromatic rings. The molecule has 0 spiro atoms. The van der Waals surface area contributed by atoms with Gasteiger partial charge in [-0.15, -0.1) is 11.3 Å². The van der Waals surface area contributed by atoms with Crippen LogP contribution in [0.5, 0.6) is 0 Å². The van der Waals surface area contributed by atoms with Crippen molar-refractivity contribution >= 4 is 21.4 Å². The average Bonchev–Trinajstić information content (AvgIpc) is 3.19. The van der Waals surface area contributed by atoms with Crippen LogP contribution in [0, 0.1) is 5.92 Å². The van der Waals surface area contributed by atoms with Crippen molar-refractivity contribution in [1.82, 2.24) is 0 Å². The minimum atomic E-state index is 0.116. The van der Waals surface area contributed by atoms with E-state index >= 15 is 0 Å². The summed E-state index contributed by atoms with van der Waals surface area (Å²) >= 11 is 1.81. The number of fused-ring (bicyclic) bond motifs is 1. The van der Waals surface area contributed by atoms with Crippen LogP contribution in [0.25, 0.3) is 10.1 Å². The zero-order valence-electron chi connectivity index (χ0n) is 11.3. The molecule has 0 radical (unpaired) electrons. The summed E-state index contributed by atoms with van der Waals surface area (Å²) in [6, 6.07) is 8.68. The van der Waals surface area contributed by atoms with E-state index in [4.69, 9.17) is 10.5 Å². The van der Waals surface area contributed by atoms with E-state index < -0.39 is 0 Å². The Morgan fingerprint density at radius 3 is 2.89 bits per heavy atom. The summed E-state index contributed by atoms with van der Waals surface area (Å²) in [6.45, 7) is 2.82. The van der Waals surface area contributed by atoms with Gasteiger partial charge in [-0.3, -0.25) is 0 Å². The molecule has 2 nitrogen and oxygen atoms in total. The molecule has 1 saturated carbocycles. The van der Waals surface area contributed by atoms with Gasteiger partial charge in [-0.05, 0) is 54.5 Å². The first kappa shape index (κ1) is 13.1. The number of benzene rings is 1. The molecule has 1 aromatic carbocycles. The number of hydrogen-bond acceptors (Lipinski definition) is 3. The van der Waals surface area contributed by atoms with E-state index in [1.807, 2.05) is 11.3 Å². The number of nitrogens with two attached hydrogens (primary N) is 1. The van der Waals surface area contributed by atoms with E-state index in [1.54, 1.807) is 0 Å². The molecule has 3 rings (SSSR count). The predicted octanol–water partition coefficient (Wildman–Crippen LogP) is 3.59. The van der Waals surface area contributed by atoms with Crippen LogP contribution in [0.2, 0.25) is 0 Å². The maximum Gasteiger partial charge on any atom is 0.0757 e. The summed E-state index contributed by atoms with van der Waals surface area (Å²) < 4.78 is 7.22. The fourth-order valence-electron chi connectivity index (χ4n) is 2.79. The Bertz CT molecular complexity index is 546. The topological polar surface area (TPSA) is 35.2 Å². The van der Waals surface area contributed by atoms with E-state index in [9.17, 15) is 0 Å². The van der Waals surface area contributed by atoms with Gasteiger partial charge in [-0.25, -0.2) is 0 Å². The van der Waals surface area contributed by atoms with Crippen molar-refractivity contribution in [2.75, 3.05) is 6.61 Å². The lowest BCUT2D eigenvalue weighted by Gasteiger charge is -2.23. The summed E-state index contributed by atoms with van der Waals surface area (Å²) in [6.07, 6.45) is 3.72. The first-order chi connectivity index (χ1) is 9.29. The monoisotopic (exact) mass is 275 g/mol. The Kier molecular flexibility index (Phi) is 3.87. The van der Waals surface area contributed by atoms with Crippen LogP contribution in [0.4, 0.5) is 0 Å². The van der Waals surface area contributed by atoms with E-state index in [2.05, 4.69) is 36.6 Å². The van der Waals surface area contributed by atoms with E-state index in [0.29, 0.717) is 5.92 Å². The van der Waals surface area contributed by atoms with Gasteiger partial charge in [-0.2, -0.15) is 0 Å². The molecule has 102 valence electrons. The van der Waals surface area contributed by atoms with Crippen molar-refractivity contribution in [2.45, 2.75) is 38.3 Å². The van der Waals surface area contributed by atoms with Gasteiger partial charge in [0, 0.05) is 17.3 Å². The highest BCUT2D eigenvalue weighted by Gasteiger charge is 2.35. The third-order valence-electron chi connectivity index (χ3n) is 3.88. The van der Waals surface area contributed by atoms with Crippen molar-refractivity contribution in [2.24, 2.45) is 11.7 Å². The molecule has 1 aliphatic carbocycles. The summed E-state index contributed by atoms with van der Waals surface area (Å²) in [5.74, 6) is 0.694. The fraction of sp³-hybridized carbons (Fsp3) is 0.500. The molecule has 1 aromatic heterocycles. The molecule has 1 fully saturated rings. The van der Waals surface area contributed by atoms with Crippen LogP contribution in [-0.4, -0.2) is 18.8 Å². The zero-order chi connectivity index (χ0) is 13.2. The normalized spacial score (nSPS) is 18.6. The van der Waals surface area contributed by atoms with E-state index in [-0.39, 0.29) is 12.1 Å². The lowest BCUT2D eigenvalue weighted by molar-refractivity contribution is 0.0289. The molecule has 2 unspecified atom stereocenters. The molecule has 1 aliphatic rings. The van der Waals surface area contributed by atoms with Gasteiger partial charge in [0.15, 0.2) is 0 Å². The first-order valence-electron chi connectivity index (χ1n) is 7.12. The highest BCUT2D eigenvalue weighted by molar-refractivity contribution is 7.17. The lowest BCUT2D eigenvalue weighted by Crippen LogP contribution is -2.40.